The molecule has 1 N–H and O–H groups in total. The molecule has 3 rings (SSSR count). The molecule has 1 aliphatic carbocycles. The highest BCUT2D eigenvalue weighted by atomic mass is 16.3. The van der Waals surface area contributed by atoms with Crippen molar-refractivity contribution in [3.05, 3.63) is 58.4 Å². The molecule has 1 atom stereocenters. The first-order chi connectivity index (χ1) is 9.11. The van der Waals surface area contributed by atoms with E-state index in [0.717, 1.165) is 31.4 Å². The van der Waals surface area contributed by atoms with E-state index in [0.29, 0.717) is 0 Å². The van der Waals surface area contributed by atoms with Crippen LogP contribution in [0.15, 0.2) is 30.6 Å². The molecule has 1 unspecified atom stereocenters. The molecule has 0 spiro atoms. The second-order valence-corrected chi connectivity index (χ2v) is 5.82. The van der Waals surface area contributed by atoms with Gasteiger partial charge in [-0.05, 0) is 44.2 Å². The summed E-state index contributed by atoms with van der Waals surface area (Å²) in [6.07, 6.45) is 7.17. The highest BCUT2D eigenvalue weighted by Gasteiger charge is 2.19. The Morgan fingerprint density at radius 3 is 2.58 bits per heavy atom. The van der Waals surface area contributed by atoms with Crippen molar-refractivity contribution in [3.8, 4) is 0 Å². The van der Waals surface area contributed by atoms with Crippen LogP contribution in [-0.2, 0) is 13.0 Å². The minimum absolute atomic E-state index is 0.260. The van der Waals surface area contributed by atoms with Crippen molar-refractivity contribution in [3.63, 3.8) is 0 Å². The van der Waals surface area contributed by atoms with Crippen LogP contribution >= 0.6 is 0 Å². The van der Waals surface area contributed by atoms with Gasteiger partial charge in [-0.1, -0.05) is 29.3 Å². The molecule has 1 aromatic heterocycles. The number of hydrogen-bond donors (Lipinski definition) is 1. The third-order valence-electron chi connectivity index (χ3n) is 3.93. The van der Waals surface area contributed by atoms with Crippen LogP contribution in [0, 0.1) is 13.8 Å². The van der Waals surface area contributed by atoms with Crippen molar-refractivity contribution in [1.82, 2.24) is 4.57 Å². The second-order valence-electron chi connectivity index (χ2n) is 5.82. The summed E-state index contributed by atoms with van der Waals surface area (Å²) in [5, 5.41) is 10.0. The van der Waals surface area contributed by atoms with E-state index in [9.17, 15) is 5.11 Å². The molecule has 0 aliphatic heterocycles. The van der Waals surface area contributed by atoms with E-state index in [2.05, 4.69) is 49.0 Å². The molecule has 1 heterocycles. The van der Waals surface area contributed by atoms with E-state index in [1.807, 2.05) is 0 Å². The van der Waals surface area contributed by atoms with Crippen LogP contribution in [0.1, 0.15) is 46.8 Å². The minimum Gasteiger partial charge on any atom is -0.388 e. The maximum Gasteiger partial charge on any atom is 0.0807 e. The van der Waals surface area contributed by atoms with E-state index in [1.165, 1.54) is 22.3 Å². The third-order valence-corrected chi connectivity index (χ3v) is 3.93. The first-order valence-electron chi connectivity index (χ1n) is 7.05. The van der Waals surface area contributed by atoms with Gasteiger partial charge in [0.15, 0.2) is 0 Å². The van der Waals surface area contributed by atoms with Gasteiger partial charge in [-0.15, -0.1) is 0 Å². The molecule has 0 amide bonds. The normalized spacial score (nSPS) is 18.4. The fraction of sp³-hybridized carbons (Fsp3) is 0.412. The molecule has 0 radical (unpaired) electrons. The maximum atomic E-state index is 10.0. The molecule has 19 heavy (non-hydrogen) atoms. The van der Waals surface area contributed by atoms with Crippen molar-refractivity contribution < 1.29 is 5.11 Å². The quantitative estimate of drug-likeness (QED) is 0.872. The number of aliphatic hydroxyl groups excluding tert-OH is 1. The number of rotatable bonds is 2. The van der Waals surface area contributed by atoms with Crippen LogP contribution in [-0.4, -0.2) is 9.67 Å². The van der Waals surface area contributed by atoms with Gasteiger partial charge in [-0.25, -0.2) is 0 Å². The Bertz CT molecular complexity index is 577. The van der Waals surface area contributed by atoms with E-state index in [4.69, 9.17) is 0 Å². The lowest BCUT2D eigenvalue weighted by molar-refractivity contribution is 0.157. The largest absolute Gasteiger partial charge is 0.388 e. The molecule has 100 valence electrons. The Labute approximate surface area is 114 Å². The smallest absolute Gasteiger partial charge is 0.0807 e. The predicted molar refractivity (Wildman–Crippen MR) is 77.3 cm³/mol. The van der Waals surface area contributed by atoms with Gasteiger partial charge in [-0.3, -0.25) is 0 Å². The zero-order valence-corrected chi connectivity index (χ0v) is 11.7. The van der Waals surface area contributed by atoms with Gasteiger partial charge in [0, 0.05) is 24.5 Å². The van der Waals surface area contributed by atoms with E-state index in [-0.39, 0.29) is 6.10 Å². The van der Waals surface area contributed by atoms with Crippen molar-refractivity contribution in [2.24, 2.45) is 0 Å². The Morgan fingerprint density at radius 1 is 1.16 bits per heavy atom. The average Bonchev–Trinajstić information content (AvgIpc) is 2.71. The lowest BCUT2D eigenvalue weighted by Crippen LogP contribution is -2.05. The fourth-order valence-corrected chi connectivity index (χ4v) is 3.19. The van der Waals surface area contributed by atoms with E-state index in [1.54, 1.807) is 0 Å². The summed E-state index contributed by atoms with van der Waals surface area (Å²) < 4.78 is 2.22. The van der Waals surface area contributed by atoms with Crippen LogP contribution in [0.3, 0.4) is 0 Å². The van der Waals surface area contributed by atoms with Crippen molar-refractivity contribution in [2.75, 3.05) is 0 Å². The highest BCUT2D eigenvalue weighted by molar-refractivity contribution is 5.32. The molecular formula is C17H21NO. The van der Waals surface area contributed by atoms with Gasteiger partial charge < -0.3 is 9.67 Å². The van der Waals surface area contributed by atoms with Gasteiger partial charge in [-0.2, -0.15) is 0 Å². The Kier molecular flexibility index (Phi) is 3.19. The number of aryl methyl sites for hydroxylation is 3. The Hall–Kier alpha value is -1.54. The zero-order chi connectivity index (χ0) is 13.4. The van der Waals surface area contributed by atoms with Gasteiger partial charge in [0.25, 0.3) is 0 Å². The number of hydrogen-bond acceptors (Lipinski definition) is 1. The first-order valence-corrected chi connectivity index (χ1v) is 7.05. The minimum atomic E-state index is -0.260. The third kappa shape index (κ3) is 2.59. The van der Waals surface area contributed by atoms with Gasteiger partial charge >= 0.3 is 0 Å². The lowest BCUT2D eigenvalue weighted by atomic mass is 9.93. The molecule has 0 bridgehead atoms. The lowest BCUT2D eigenvalue weighted by Gasteiger charge is -2.16. The summed E-state index contributed by atoms with van der Waals surface area (Å²) in [5.41, 5.74) is 6.41. The number of nitrogens with zero attached hydrogens (tertiary/aromatic N) is 1. The Morgan fingerprint density at radius 2 is 1.89 bits per heavy atom. The maximum absolute atomic E-state index is 10.0. The van der Waals surface area contributed by atoms with Gasteiger partial charge in [0.05, 0.1) is 6.10 Å². The highest BCUT2D eigenvalue weighted by Crippen LogP contribution is 2.30. The van der Waals surface area contributed by atoms with Crippen molar-refractivity contribution in [1.29, 1.82) is 0 Å². The van der Waals surface area contributed by atoms with Crippen molar-refractivity contribution >= 4 is 0 Å². The molecule has 1 aromatic carbocycles. The summed E-state index contributed by atoms with van der Waals surface area (Å²) in [5.74, 6) is 0. The van der Waals surface area contributed by atoms with Crippen LogP contribution in [0.4, 0.5) is 0 Å². The summed E-state index contributed by atoms with van der Waals surface area (Å²) >= 11 is 0. The summed E-state index contributed by atoms with van der Waals surface area (Å²) in [6, 6.07) is 6.68. The zero-order valence-electron chi connectivity index (χ0n) is 11.7. The van der Waals surface area contributed by atoms with E-state index < -0.39 is 0 Å². The molecule has 2 heteroatoms. The monoisotopic (exact) mass is 255 g/mol. The number of aliphatic hydroxyl groups is 1. The average molecular weight is 255 g/mol. The fourth-order valence-electron chi connectivity index (χ4n) is 3.19. The van der Waals surface area contributed by atoms with E-state index >= 15 is 0 Å². The predicted octanol–water partition coefficient (Wildman–Crippen LogP) is 3.52. The molecule has 2 aromatic rings. The number of aromatic nitrogens is 1. The second kappa shape index (κ2) is 4.86. The topological polar surface area (TPSA) is 25.2 Å². The SMILES string of the molecule is Cc1cc(C)cc(Cn2cc3c(c2)C(O)CCC3)c1. The van der Waals surface area contributed by atoms with Crippen LogP contribution in [0.5, 0.6) is 0 Å². The number of benzene rings is 1. The molecule has 0 saturated carbocycles. The van der Waals surface area contributed by atoms with Gasteiger partial charge in [0.2, 0.25) is 0 Å². The number of fused-ring (bicyclic) bond motifs is 1. The van der Waals surface area contributed by atoms with Crippen LogP contribution in [0.25, 0.3) is 0 Å². The summed E-state index contributed by atoms with van der Waals surface area (Å²) in [4.78, 5) is 0. The Balaban J connectivity index is 1.87. The molecule has 1 aliphatic rings. The van der Waals surface area contributed by atoms with Crippen LogP contribution < -0.4 is 0 Å². The molecule has 2 nitrogen and oxygen atoms in total. The van der Waals surface area contributed by atoms with Crippen molar-refractivity contribution in [2.45, 2.75) is 45.8 Å². The standard InChI is InChI=1S/C17H21NO/c1-12-6-13(2)8-14(7-12)9-18-10-15-4-3-5-17(19)16(15)11-18/h6-8,10-11,17,19H,3-5,9H2,1-2H3. The van der Waals surface area contributed by atoms with Gasteiger partial charge in [0.1, 0.15) is 0 Å². The first kappa shape index (κ1) is 12.5. The summed E-state index contributed by atoms with van der Waals surface area (Å²) in [6.45, 7) is 5.17. The molecular weight excluding hydrogens is 234 g/mol. The molecule has 0 fully saturated rings. The summed E-state index contributed by atoms with van der Waals surface area (Å²) in [7, 11) is 0. The van der Waals surface area contributed by atoms with Crippen LogP contribution in [0.2, 0.25) is 0 Å². The molecule has 0 saturated heterocycles.